The molecule has 0 aliphatic rings. The zero-order valence-corrected chi connectivity index (χ0v) is 16.4. The molecule has 0 saturated carbocycles. The van der Waals surface area contributed by atoms with E-state index in [1.165, 1.54) is 29.5 Å². The van der Waals surface area contributed by atoms with Crippen LogP contribution in [0.25, 0.3) is 21.7 Å². The van der Waals surface area contributed by atoms with E-state index in [4.69, 9.17) is 4.52 Å². The van der Waals surface area contributed by atoms with E-state index < -0.39 is 17.8 Å². The van der Waals surface area contributed by atoms with Crippen LogP contribution in [0.5, 0.6) is 0 Å². The Kier molecular flexibility index (Phi) is 4.82. The number of thiophene rings is 1. The van der Waals surface area contributed by atoms with Crippen LogP contribution in [0.4, 0.5) is 4.39 Å². The minimum absolute atomic E-state index is 0.102. The minimum atomic E-state index is -1.14. The molecule has 1 N–H and O–H groups in total. The molecule has 0 spiro atoms. The highest BCUT2D eigenvalue weighted by Gasteiger charge is 2.23. The van der Waals surface area contributed by atoms with Gasteiger partial charge in [0.15, 0.2) is 0 Å². The number of carbonyl (C=O) groups is 1. The van der Waals surface area contributed by atoms with Crippen LogP contribution in [0.1, 0.15) is 32.5 Å². The molecule has 8 heteroatoms. The van der Waals surface area contributed by atoms with E-state index in [9.17, 15) is 14.4 Å². The van der Waals surface area contributed by atoms with Gasteiger partial charge in [0.25, 0.3) is 11.6 Å². The van der Waals surface area contributed by atoms with Crippen LogP contribution in [-0.2, 0) is 0 Å². The number of nitrogens with zero attached hydrogens (tertiary/aromatic N) is 3. The third-order valence-electron chi connectivity index (χ3n) is 4.48. The smallest absolute Gasteiger partial charge is 0.259 e. The highest BCUT2D eigenvalue weighted by molar-refractivity contribution is 7.15. The van der Waals surface area contributed by atoms with Gasteiger partial charge in [-0.25, -0.2) is 9.37 Å². The molecule has 29 heavy (non-hydrogen) atoms. The van der Waals surface area contributed by atoms with E-state index in [2.05, 4.69) is 15.5 Å². The maximum absolute atomic E-state index is 14.1. The van der Waals surface area contributed by atoms with Crippen molar-refractivity contribution >= 4 is 28.3 Å². The monoisotopic (exact) mass is 406 g/mol. The Labute approximate surface area is 169 Å². The first kappa shape index (κ1) is 18.8. The van der Waals surface area contributed by atoms with Crippen LogP contribution >= 0.6 is 11.3 Å². The summed E-state index contributed by atoms with van der Waals surface area (Å²) in [5, 5.41) is 16.5. The Hall–Kier alpha value is -3.57. The van der Waals surface area contributed by atoms with E-state index in [0.717, 1.165) is 9.75 Å². The first-order chi connectivity index (χ1) is 14.0. The molecular weight excluding hydrogens is 391 g/mol. The first-order valence-corrected chi connectivity index (χ1v) is 9.58. The summed E-state index contributed by atoms with van der Waals surface area (Å²) in [6.45, 7) is 3.68. The number of hydrogen-bond acceptors (Lipinski definition) is 6. The van der Waals surface area contributed by atoms with E-state index in [1.807, 2.05) is 25.1 Å². The number of nitrogens with one attached hydrogen (secondary N) is 1. The number of aromatic nitrogens is 2. The number of aryl methyl sites for hydroxylation is 2. The zero-order chi connectivity index (χ0) is 20.5. The Balaban J connectivity index is 1.78. The average molecular weight is 406 g/mol. The van der Waals surface area contributed by atoms with E-state index in [-0.39, 0.29) is 16.8 Å². The Morgan fingerprint density at radius 1 is 1.28 bits per heavy atom. The van der Waals surface area contributed by atoms with Crippen molar-refractivity contribution in [3.05, 3.63) is 70.0 Å². The lowest BCUT2D eigenvalue weighted by Gasteiger charge is -2.13. The number of pyridine rings is 1. The van der Waals surface area contributed by atoms with Gasteiger partial charge in [-0.15, -0.1) is 11.3 Å². The number of hydrogen-bond donors (Lipinski definition) is 1. The number of rotatable bonds is 4. The lowest BCUT2D eigenvalue weighted by atomic mass is 10.0. The van der Waals surface area contributed by atoms with Gasteiger partial charge < -0.3 is 9.84 Å². The molecule has 3 aromatic heterocycles. The van der Waals surface area contributed by atoms with E-state index >= 15 is 0 Å². The van der Waals surface area contributed by atoms with Gasteiger partial charge in [0.1, 0.15) is 11.9 Å². The predicted molar refractivity (Wildman–Crippen MR) is 107 cm³/mol. The van der Waals surface area contributed by atoms with Gasteiger partial charge in [-0.2, -0.15) is 5.26 Å². The van der Waals surface area contributed by atoms with Gasteiger partial charge in [0.05, 0.1) is 33.3 Å². The molecule has 4 rings (SSSR count). The van der Waals surface area contributed by atoms with Crippen LogP contribution in [0, 0.1) is 31.0 Å². The first-order valence-electron chi connectivity index (χ1n) is 8.76. The lowest BCUT2D eigenvalue weighted by molar-refractivity contribution is 0.0946. The molecule has 0 radical (unpaired) electrons. The fourth-order valence-corrected chi connectivity index (χ4v) is 3.90. The summed E-state index contributed by atoms with van der Waals surface area (Å²) in [5.41, 5.74) is 1.68. The Bertz CT molecular complexity index is 1270. The van der Waals surface area contributed by atoms with Crippen LogP contribution in [0.3, 0.4) is 0 Å². The van der Waals surface area contributed by atoms with Gasteiger partial charge >= 0.3 is 0 Å². The molecular formula is C21H15FN4O2S. The second kappa shape index (κ2) is 7.45. The van der Waals surface area contributed by atoms with Crippen molar-refractivity contribution < 1.29 is 13.7 Å². The molecule has 6 nitrogen and oxygen atoms in total. The Morgan fingerprint density at radius 3 is 2.76 bits per heavy atom. The Morgan fingerprint density at radius 2 is 2.07 bits per heavy atom. The highest BCUT2D eigenvalue weighted by Crippen LogP contribution is 2.31. The van der Waals surface area contributed by atoms with Crippen molar-refractivity contribution in [1.82, 2.24) is 15.5 Å². The number of halogens is 1. The summed E-state index contributed by atoms with van der Waals surface area (Å²) in [6.07, 6.45) is 0. The molecule has 0 bridgehead atoms. The van der Waals surface area contributed by atoms with Crippen molar-refractivity contribution in [2.45, 2.75) is 19.9 Å². The summed E-state index contributed by atoms with van der Waals surface area (Å²) >= 11 is 1.54. The molecule has 0 fully saturated rings. The maximum atomic E-state index is 14.1. The molecule has 1 atom stereocenters. The summed E-state index contributed by atoms with van der Waals surface area (Å²) in [7, 11) is 0. The molecule has 1 aromatic carbocycles. The van der Waals surface area contributed by atoms with E-state index in [0.29, 0.717) is 16.8 Å². The van der Waals surface area contributed by atoms with Crippen molar-refractivity contribution in [3.8, 4) is 16.6 Å². The van der Waals surface area contributed by atoms with Crippen LogP contribution in [0.15, 0.2) is 47.0 Å². The van der Waals surface area contributed by atoms with E-state index in [1.54, 1.807) is 19.1 Å². The average Bonchev–Trinajstić information content (AvgIpc) is 3.32. The van der Waals surface area contributed by atoms with Crippen molar-refractivity contribution in [1.29, 1.82) is 5.26 Å². The van der Waals surface area contributed by atoms with Gasteiger partial charge in [-0.3, -0.25) is 4.79 Å². The quantitative estimate of drug-likeness (QED) is 0.530. The van der Waals surface area contributed by atoms with Crippen molar-refractivity contribution in [2.24, 2.45) is 0 Å². The van der Waals surface area contributed by atoms with Crippen LogP contribution < -0.4 is 5.32 Å². The largest absolute Gasteiger partial charge is 0.335 e. The fraction of sp³-hybridized carbons (Fsp3) is 0.143. The SMILES string of the molecule is Cc1ccc(-c2cc(C(=O)NC(C#N)c3ccccc3F)c3c(C)noc3n2)s1. The fourth-order valence-electron chi connectivity index (χ4n) is 3.07. The lowest BCUT2D eigenvalue weighted by Crippen LogP contribution is -2.28. The number of nitriles is 1. The summed E-state index contributed by atoms with van der Waals surface area (Å²) in [5.74, 6) is -1.09. The molecule has 3 heterocycles. The number of amides is 1. The second-order valence-electron chi connectivity index (χ2n) is 6.47. The van der Waals surface area contributed by atoms with Gasteiger partial charge in [-0.1, -0.05) is 23.4 Å². The molecule has 0 aliphatic carbocycles. The van der Waals surface area contributed by atoms with Crippen LogP contribution in [0.2, 0.25) is 0 Å². The maximum Gasteiger partial charge on any atom is 0.259 e. The van der Waals surface area contributed by atoms with Gasteiger partial charge in [0, 0.05) is 10.4 Å². The van der Waals surface area contributed by atoms with Crippen molar-refractivity contribution in [3.63, 3.8) is 0 Å². The second-order valence-corrected chi connectivity index (χ2v) is 7.76. The summed E-state index contributed by atoms with van der Waals surface area (Å²) in [4.78, 5) is 19.5. The predicted octanol–water partition coefficient (Wildman–Crippen LogP) is 4.70. The minimum Gasteiger partial charge on any atom is -0.335 e. The number of carbonyl (C=O) groups excluding carboxylic acids is 1. The molecule has 144 valence electrons. The van der Waals surface area contributed by atoms with Gasteiger partial charge in [-0.05, 0) is 38.1 Å². The third-order valence-corrected chi connectivity index (χ3v) is 5.50. The number of fused-ring (bicyclic) bond motifs is 1. The molecule has 4 aromatic rings. The molecule has 0 saturated heterocycles. The topological polar surface area (TPSA) is 91.8 Å². The molecule has 1 amide bonds. The number of benzene rings is 1. The normalized spacial score (nSPS) is 11.9. The standard InChI is InChI=1S/C21H15FN4O2S/c1-11-7-8-18(29-11)16-9-14(19-12(2)26-28-21(19)25-16)20(27)24-17(10-23)13-5-3-4-6-15(13)22/h3-9,17H,1-2H3,(H,24,27). The van der Waals surface area contributed by atoms with Crippen molar-refractivity contribution in [2.75, 3.05) is 0 Å². The molecule has 0 aliphatic heterocycles. The third kappa shape index (κ3) is 3.48. The highest BCUT2D eigenvalue weighted by atomic mass is 32.1. The zero-order valence-electron chi connectivity index (χ0n) is 15.6. The van der Waals surface area contributed by atoms with Gasteiger partial charge in [0.2, 0.25) is 0 Å². The summed E-state index contributed by atoms with van der Waals surface area (Å²) in [6, 6.07) is 12.2. The molecule has 1 unspecified atom stereocenters. The summed E-state index contributed by atoms with van der Waals surface area (Å²) < 4.78 is 19.4. The van der Waals surface area contributed by atoms with Crippen LogP contribution in [-0.4, -0.2) is 16.0 Å².